The molecule has 0 bridgehead atoms. The molecule has 2 heterocycles. The van der Waals surface area contributed by atoms with Gasteiger partial charge in [0.05, 0.1) is 12.6 Å². The van der Waals surface area contributed by atoms with E-state index in [9.17, 15) is 9.59 Å². The highest BCUT2D eigenvalue weighted by Crippen LogP contribution is 2.22. The number of ether oxygens (including phenoxy) is 1. The van der Waals surface area contributed by atoms with Crippen LogP contribution in [0.5, 0.6) is 0 Å². The van der Waals surface area contributed by atoms with Crippen molar-refractivity contribution in [2.24, 2.45) is 5.92 Å². The normalized spacial score (nSPS) is 21.2. The first kappa shape index (κ1) is 15.7. The lowest BCUT2D eigenvalue weighted by Crippen LogP contribution is -2.39. The Bertz CT molecular complexity index is 505. The van der Waals surface area contributed by atoms with E-state index in [0.29, 0.717) is 17.5 Å². The number of hydrogen-bond donors (Lipinski definition) is 3. The molecule has 0 spiro atoms. The zero-order chi connectivity index (χ0) is 15.2. The fourth-order valence-electron chi connectivity index (χ4n) is 2.31. The van der Waals surface area contributed by atoms with E-state index >= 15 is 0 Å². The van der Waals surface area contributed by atoms with Crippen molar-refractivity contribution in [3.63, 3.8) is 0 Å². The van der Waals surface area contributed by atoms with Crippen LogP contribution in [0.2, 0.25) is 0 Å². The molecule has 116 valence electrons. The Morgan fingerprint density at radius 3 is 3.00 bits per heavy atom. The minimum atomic E-state index is -1.06. The van der Waals surface area contributed by atoms with Crippen molar-refractivity contribution < 1.29 is 19.4 Å². The van der Waals surface area contributed by atoms with Crippen molar-refractivity contribution in [3.05, 3.63) is 16.1 Å². The maximum absolute atomic E-state index is 11.7. The molecule has 0 aliphatic carbocycles. The SMILES string of the molecule is CCC1OCCC1CNC(=O)NCc1nc(C(=O)O)cs1. The van der Waals surface area contributed by atoms with Gasteiger partial charge in [-0.2, -0.15) is 0 Å². The van der Waals surface area contributed by atoms with Crippen LogP contribution in [0.3, 0.4) is 0 Å². The molecule has 2 rings (SSSR count). The summed E-state index contributed by atoms with van der Waals surface area (Å²) in [4.78, 5) is 26.3. The van der Waals surface area contributed by atoms with Crippen LogP contribution >= 0.6 is 11.3 Å². The Balaban J connectivity index is 1.70. The Morgan fingerprint density at radius 2 is 2.33 bits per heavy atom. The van der Waals surface area contributed by atoms with Gasteiger partial charge in [-0.15, -0.1) is 11.3 Å². The second kappa shape index (κ2) is 7.37. The maximum atomic E-state index is 11.7. The first-order valence-electron chi connectivity index (χ1n) is 6.91. The number of amides is 2. The summed E-state index contributed by atoms with van der Waals surface area (Å²) in [5.74, 6) is -0.701. The Morgan fingerprint density at radius 1 is 1.52 bits per heavy atom. The minimum Gasteiger partial charge on any atom is -0.476 e. The Labute approximate surface area is 126 Å². The lowest BCUT2D eigenvalue weighted by molar-refractivity contribution is 0.0691. The molecule has 2 unspecified atom stereocenters. The number of rotatable bonds is 6. The number of aromatic nitrogens is 1. The van der Waals surface area contributed by atoms with E-state index in [1.807, 2.05) is 0 Å². The van der Waals surface area contributed by atoms with Crippen LogP contribution in [0.25, 0.3) is 0 Å². The molecule has 1 fully saturated rings. The number of carbonyl (C=O) groups is 2. The van der Waals surface area contributed by atoms with E-state index in [1.165, 1.54) is 16.7 Å². The molecule has 1 aliphatic heterocycles. The van der Waals surface area contributed by atoms with Crippen LogP contribution in [0.4, 0.5) is 4.79 Å². The van der Waals surface area contributed by atoms with Gasteiger partial charge in [0.2, 0.25) is 0 Å². The van der Waals surface area contributed by atoms with Crippen LogP contribution in [-0.2, 0) is 11.3 Å². The van der Waals surface area contributed by atoms with E-state index in [0.717, 1.165) is 19.4 Å². The van der Waals surface area contributed by atoms with Crippen molar-refractivity contribution >= 4 is 23.3 Å². The number of urea groups is 1. The average Bonchev–Trinajstić information content (AvgIpc) is 3.11. The highest BCUT2D eigenvalue weighted by atomic mass is 32.1. The highest BCUT2D eigenvalue weighted by Gasteiger charge is 2.26. The third kappa shape index (κ3) is 4.40. The Kier molecular flexibility index (Phi) is 5.51. The molecule has 1 aromatic rings. The summed E-state index contributed by atoms with van der Waals surface area (Å²) in [6.45, 7) is 3.64. The summed E-state index contributed by atoms with van der Waals surface area (Å²) in [7, 11) is 0. The zero-order valence-electron chi connectivity index (χ0n) is 11.8. The number of aromatic carboxylic acids is 1. The maximum Gasteiger partial charge on any atom is 0.355 e. The van der Waals surface area contributed by atoms with E-state index in [2.05, 4.69) is 22.5 Å². The molecule has 21 heavy (non-hydrogen) atoms. The molecular weight excluding hydrogens is 294 g/mol. The number of carbonyl (C=O) groups excluding carboxylic acids is 1. The summed E-state index contributed by atoms with van der Waals surface area (Å²) < 4.78 is 5.57. The minimum absolute atomic E-state index is 0.00565. The monoisotopic (exact) mass is 313 g/mol. The van der Waals surface area contributed by atoms with Gasteiger partial charge >= 0.3 is 12.0 Å². The fraction of sp³-hybridized carbons (Fsp3) is 0.615. The predicted molar refractivity (Wildman–Crippen MR) is 77.4 cm³/mol. The molecule has 1 saturated heterocycles. The molecule has 2 atom stereocenters. The summed E-state index contributed by atoms with van der Waals surface area (Å²) in [6.07, 6.45) is 2.14. The van der Waals surface area contributed by atoms with Crippen LogP contribution in [0.15, 0.2) is 5.38 Å². The van der Waals surface area contributed by atoms with Gasteiger partial charge in [-0.25, -0.2) is 14.6 Å². The van der Waals surface area contributed by atoms with Gasteiger partial charge in [-0.3, -0.25) is 0 Å². The molecule has 1 aromatic heterocycles. The molecular formula is C13H19N3O4S. The van der Waals surface area contributed by atoms with Gasteiger partial charge in [0, 0.05) is 24.4 Å². The number of thiazole rings is 1. The van der Waals surface area contributed by atoms with E-state index in [1.54, 1.807) is 0 Å². The fourth-order valence-corrected chi connectivity index (χ4v) is 3.02. The zero-order valence-corrected chi connectivity index (χ0v) is 12.6. The molecule has 1 aliphatic rings. The molecule has 0 aromatic carbocycles. The van der Waals surface area contributed by atoms with Gasteiger partial charge in [-0.05, 0) is 12.8 Å². The van der Waals surface area contributed by atoms with E-state index in [-0.39, 0.29) is 24.4 Å². The topological polar surface area (TPSA) is 101 Å². The van der Waals surface area contributed by atoms with Crippen LogP contribution < -0.4 is 10.6 Å². The molecule has 2 amide bonds. The number of nitrogens with zero attached hydrogens (tertiary/aromatic N) is 1. The summed E-state index contributed by atoms with van der Waals surface area (Å²) in [6, 6.07) is -0.274. The van der Waals surface area contributed by atoms with Crippen LogP contribution in [0, 0.1) is 5.92 Å². The highest BCUT2D eigenvalue weighted by molar-refractivity contribution is 7.09. The quantitative estimate of drug-likeness (QED) is 0.738. The molecule has 3 N–H and O–H groups in total. The van der Waals surface area contributed by atoms with Crippen molar-refractivity contribution in [1.29, 1.82) is 0 Å². The molecule has 0 saturated carbocycles. The second-order valence-corrected chi connectivity index (χ2v) is 5.80. The van der Waals surface area contributed by atoms with Gasteiger partial charge in [0.1, 0.15) is 5.01 Å². The third-order valence-electron chi connectivity index (χ3n) is 3.44. The molecule has 0 radical (unpaired) electrons. The average molecular weight is 313 g/mol. The van der Waals surface area contributed by atoms with E-state index in [4.69, 9.17) is 9.84 Å². The number of nitrogens with one attached hydrogen (secondary N) is 2. The summed E-state index contributed by atoms with van der Waals surface area (Å²) in [5.41, 5.74) is 0.00565. The van der Waals surface area contributed by atoms with Gasteiger partial charge in [-0.1, -0.05) is 6.92 Å². The molecule has 7 nitrogen and oxygen atoms in total. The van der Waals surface area contributed by atoms with Crippen LogP contribution in [-0.4, -0.2) is 41.3 Å². The number of hydrogen-bond acceptors (Lipinski definition) is 5. The van der Waals surface area contributed by atoms with Gasteiger partial charge < -0.3 is 20.5 Å². The smallest absolute Gasteiger partial charge is 0.355 e. The first-order valence-corrected chi connectivity index (χ1v) is 7.79. The number of carboxylic acid groups (broad SMARTS) is 1. The second-order valence-electron chi connectivity index (χ2n) is 4.86. The van der Waals surface area contributed by atoms with Gasteiger partial charge in [0.25, 0.3) is 0 Å². The van der Waals surface area contributed by atoms with E-state index < -0.39 is 5.97 Å². The largest absolute Gasteiger partial charge is 0.476 e. The first-order chi connectivity index (χ1) is 10.1. The predicted octanol–water partition coefficient (Wildman–Crippen LogP) is 1.46. The van der Waals surface area contributed by atoms with Crippen LogP contribution in [0.1, 0.15) is 35.3 Å². The lowest BCUT2D eigenvalue weighted by Gasteiger charge is -2.17. The standard InChI is InChI=1S/C13H19N3O4S/c1-2-10-8(3-4-20-10)5-14-13(19)15-6-11-16-9(7-21-11)12(17)18/h7-8,10H,2-6H2,1H3,(H,17,18)(H2,14,15,19). The number of carboxylic acids is 1. The third-order valence-corrected chi connectivity index (χ3v) is 4.29. The summed E-state index contributed by atoms with van der Waals surface area (Å²) in [5, 5.41) is 16.3. The van der Waals surface area contributed by atoms with Crippen molar-refractivity contribution in [2.75, 3.05) is 13.2 Å². The molecule has 8 heteroatoms. The lowest BCUT2D eigenvalue weighted by atomic mass is 10.00. The Hall–Kier alpha value is -1.67. The van der Waals surface area contributed by atoms with Crippen molar-refractivity contribution in [3.8, 4) is 0 Å². The van der Waals surface area contributed by atoms with Crippen molar-refractivity contribution in [2.45, 2.75) is 32.4 Å². The van der Waals surface area contributed by atoms with Crippen molar-refractivity contribution in [1.82, 2.24) is 15.6 Å². The van der Waals surface area contributed by atoms with Gasteiger partial charge in [0.15, 0.2) is 5.69 Å². The summed E-state index contributed by atoms with van der Waals surface area (Å²) >= 11 is 1.21.